The van der Waals surface area contributed by atoms with Crippen molar-refractivity contribution in [1.29, 1.82) is 0 Å². The Morgan fingerprint density at radius 3 is 2.56 bits per heavy atom. The van der Waals surface area contributed by atoms with Crippen LogP contribution in [0.5, 0.6) is 0 Å². The van der Waals surface area contributed by atoms with Crippen molar-refractivity contribution in [2.24, 2.45) is 5.73 Å². The topological polar surface area (TPSA) is 90.0 Å². The molecule has 1 aromatic heterocycles. The summed E-state index contributed by atoms with van der Waals surface area (Å²) in [6.45, 7) is 1.88. The van der Waals surface area contributed by atoms with Crippen molar-refractivity contribution in [2.45, 2.75) is 6.92 Å². The minimum absolute atomic E-state index is 0.0229. The van der Waals surface area contributed by atoms with Gasteiger partial charge in [-0.25, -0.2) is 4.98 Å². The van der Waals surface area contributed by atoms with Crippen molar-refractivity contribution in [3.05, 3.63) is 74.2 Å². The Labute approximate surface area is 173 Å². The summed E-state index contributed by atoms with van der Waals surface area (Å²) in [5.41, 5.74) is 7.29. The van der Waals surface area contributed by atoms with Crippen LogP contribution in [0.1, 0.15) is 26.5 Å². The summed E-state index contributed by atoms with van der Waals surface area (Å²) in [5.74, 6) is -1.36. The van der Waals surface area contributed by atoms with Crippen LogP contribution in [0.3, 0.4) is 0 Å². The van der Waals surface area contributed by atoms with Gasteiger partial charge in [-0.05, 0) is 42.8 Å². The summed E-state index contributed by atoms with van der Waals surface area (Å²) in [5, 5.41) is 3.35. The number of nitrogens with zero attached hydrogens (tertiary/aromatic N) is 2. The van der Waals surface area contributed by atoms with Crippen LogP contribution in [0.15, 0.2) is 47.2 Å². The van der Waals surface area contributed by atoms with Gasteiger partial charge < -0.3 is 11.1 Å². The lowest BCUT2D eigenvalue weighted by Gasteiger charge is -2.13. The van der Waals surface area contributed by atoms with Crippen LogP contribution in [0, 0.1) is 6.92 Å². The second-order valence-electron chi connectivity index (χ2n) is 5.69. The number of rotatable bonds is 4. The largest absolute Gasteiger partial charge is 0.364 e. The summed E-state index contributed by atoms with van der Waals surface area (Å²) in [7, 11) is 0. The molecule has 0 aliphatic rings. The van der Waals surface area contributed by atoms with Crippen molar-refractivity contribution in [3.63, 3.8) is 0 Å². The number of nitrogens with one attached hydrogen (secondary N) is 1. The second-order valence-corrected chi connectivity index (χ2v) is 7.42. The zero-order valence-electron chi connectivity index (χ0n) is 14.0. The number of imidazole rings is 1. The molecule has 3 aromatic rings. The summed E-state index contributed by atoms with van der Waals surface area (Å²) in [6, 6.07) is 10.2. The van der Waals surface area contributed by atoms with Gasteiger partial charge in [-0.2, -0.15) is 0 Å². The molecular weight excluding hydrogens is 455 g/mol. The van der Waals surface area contributed by atoms with Crippen LogP contribution >= 0.6 is 39.1 Å². The minimum atomic E-state index is -0.805. The number of hydrogen-bond donors (Lipinski definition) is 2. The van der Waals surface area contributed by atoms with E-state index < -0.39 is 11.8 Å². The maximum Gasteiger partial charge on any atom is 0.275 e. The molecule has 0 saturated heterocycles. The number of aryl methyl sites for hydroxylation is 1. The highest BCUT2D eigenvalue weighted by Gasteiger charge is 2.24. The fourth-order valence-electron chi connectivity index (χ4n) is 2.53. The molecule has 0 bridgehead atoms. The molecule has 0 unspecified atom stereocenters. The monoisotopic (exact) mass is 466 g/mol. The molecule has 0 radical (unpaired) electrons. The number of amides is 2. The molecule has 1 heterocycles. The Morgan fingerprint density at radius 1 is 1.15 bits per heavy atom. The Kier molecular flexibility index (Phi) is 5.55. The lowest BCUT2D eigenvalue weighted by Crippen LogP contribution is -2.23. The number of nitrogens with two attached hydrogens (primary N) is 1. The third kappa shape index (κ3) is 4.00. The van der Waals surface area contributed by atoms with Crippen LogP contribution in [0.4, 0.5) is 5.69 Å². The van der Waals surface area contributed by atoms with Gasteiger partial charge in [-0.1, -0.05) is 45.2 Å². The van der Waals surface area contributed by atoms with Gasteiger partial charge in [-0.15, -0.1) is 0 Å². The SMILES string of the molecule is Cc1ccc(Br)cc1-n1cnc(C(N)=O)c1C(=O)Nc1ccc(Cl)c(Cl)c1. The van der Waals surface area contributed by atoms with Gasteiger partial charge >= 0.3 is 0 Å². The summed E-state index contributed by atoms with van der Waals surface area (Å²) < 4.78 is 2.33. The van der Waals surface area contributed by atoms with Crippen molar-refractivity contribution < 1.29 is 9.59 Å². The Hall–Kier alpha value is -2.35. The third-order valence-electron chi connectivity index (χ3n) is 3.82. The maximum absolute atomic E-state index is 12.9. The van der Waals surface area contributed by atoms with E-state index in [4.69, 9.17) is 28.9 Å². The molecule has 27 heavy (non-hydrogen) atoms. The average Bonchev–Trinajstić information content (AvgIpc) is 3.05. The standard InChI is InChI=1S/C18H13BrCl2N4O2/c1-9-2-3-10(19)6-14(9)25-8-23-15(17(22)26)16(25)18(27)24-11-4-5-12(20)13(21)7-11/h2-8H,1H3,(H2,22,26)(H,24,27). The van der Waals surface area contributed by atoms with Gasteiger partial charge in [0.1, 0.15) is 12.0 Å². The van der Waals surface area contributed by atoms with Crippen molar-refractivity contribution in [1.82, 2.24) is 9.55 Å². The van der Waals surface area contributed by atoms with Crippen LogP contribution in [0.25, 0.3) is 5.69 Å². The fraction of sp³-hybridized carbons (Fsp3) is 0.0556. The molecule has 0 fully saturated rings. The van der Waals surface area contributed by atoms with E-state index in [0.29, 0.717) is 21.4 Å². The first-order valence-electron chi connectivity index (χ1n) is 7.68. The van der Waals surface area contributed by atoms with Gasteiger partial charge in [-0.3, -0.25) is 14.2 Å². The molecule has 0 saturated carbocycles. The molecule has 138 valence electrons. The van der Waals surface area contributed by atoms with E-state index >= 15 is 0 Å². The van der Waals surface area contributed by atoms with Crippen LogP contribution in [0.2, 0.25) is 10.0 Å². The number of carbonyl (C=O) groups is 2. The maximum atomic E-state index is 12.9. The molecule has 0 spiro atoms. The Balaban J connectivity index is 2.08. The highest BCUT2D eigenvalue weighted by Crippen LogP contribution is 2.27. The third-order valence-corrected chi connectivity index (χ3v) is 5.06. The van der Waals surface area contributed by atoms with Gasteiger partial charge in [0.25, 0.3) is 11.8 Å². The lowest BCUT2D eigenvalue weighted by atomic mass is 10.2. The summed E-state index contributed by atoms with van der Waals surface area (Å²) >= 11 is 15.3. The first kappa shape index (κ1) is 19.4. The molecule has 3 N–H and O–H groups in total. The van der Waals surface area contributed by atoms with Gasteiger partial charge in [0, 0.05) is 10.2 Å². The summed E-state index contributed by atoms with van der Waals surface area (Å²) in [4.78, 5) is 28.7. The quantitative estimate of drug-likeness (QED) is 0.587. The minimum Gasteiger partial charge on any atom is -0.364 e. The van der Waals surface area contributed by atoms with E-state index in [0.717, 1.165) is 10.0 Å². The van der Waals surface area contributed by atoms with Crippen LogP contribution in [-0.2, 0) is 0 Å². The van der Waals surface area contributed by atoms with Gasteiger partial charge in [0.2, 0.25) is 0 Å². The first-order valence-corrected chi connectivity index (χ1v) is 9.23. The molecule has 2 amide bonds. The molecule has 2 aromatic carbocycles. The van der Waals surface area contributed by atoms with E-state index in [1.54, 1.807) is 12.1 Å². The second kappa shape index (κ2) is 7.72. The smallest absolute Gasteiger partial charge is 0.275 e. The Morgan fingerprint density at radius 2 is 1.89 bits per heavy atom. The number of anilines is 1. The molecule has 6 nitrogen and oxygen atoms in total. The number of benzene rings is 2. The van der Waals surface area contributed by atoms with Gasteiger partial charge in [0.15, 0.2) is 5.69 Å². The average molecular weight is 468 g/mol. The van der Waals surface area contributed by atoms with Crippen molar-refractivity contribution >= 4 is 56.6 Å². The predicted molar refractivity (Wildman–Crippen MR) is 109 cm³/mol. The highest BCUT2D eigenvalue weighted by atomic mass is 79.9. The number of hydrogen-bond acceptors (Lipinski definition) is 3. The number of carbonyl (C=O) groups excluding carboxylic acids is 2. The molecule has 0 aliphatic carbocycles. The van der Waals surface area contributed by atoms with E-state index in [9.17, 15) is 9.59 Å². The van der Waals surface area contributed by atoms with E-state index in [-0.39, 0.29) is 11.4 Å². The zero-order chi connectivity index (χ0) is 19.7. The first-order chi connectivity index (χ1) is 12.8. The highest BCUT2D eigenvalue weighted by molar-refractivity contribution is 9.10. The molecular formula is C18H13BrCl2N4O2. The predicted octanol–water partition coefficient (Wildman–Crippen LogP) is 4.60. The van der Waals surface area contributed by atoms with E-state index in [1.807, 2.05) is 25.1 Å². The molecule has 3 rings (SSSR count). The van der Waals surface area contributed by atoms with Crippen LogP contribution < -0.4 is 11.1 Å². The summed E-state index contributed by atoms with van der Waals surface area (Å²) in [6.07, 6.45) is 1.39. The lowest BCUT2D eigenvalue weighted by molar-refractivity contribution is 0.0971. The molecule has 9 heteroatoms. The van der Waals surface area contributed by atoms with Crippen molar-refractivity contribution in [2.75, 3.05) is 5.32 Å². The van der Waals surface area contributed by atoms with Crippen LogP contribution in [-0.4, -0.2) is 21.4 Å². The Bertz CT molecular complexity index is 1070. The van der Waals surface area contributed by atoms with Gasteiger partial charge in [0.05, 0.1) is 15.7 Å². The molecule has 0 aliphatic heterocycles. The normalized spacial score (nSPS) is 10.7. The zero-order valence-corrected chi connectivity index (χ0v) is 17.1. The number of primary amides is 1. The van der Waals surface area contributed by atoms with Crippen molar-refractivity contribution in [3.8, 4) is 5.69 Å². The van der Waals surface area contributed by atoms with E-state index in [1.165, 1.54) is 17.0 Å². The number of halogens is 3. The number of aromatic nitrogens is 2. The molecule has 0 atom stereocenters. The fourth-order valence-corrected chi connectivity index (χ4v) is 3.18. The van der Waals surface area contributed by atoms with E-state index in [2.05, 4.69) is 26.2 Å².